The number of hydrogen-bond acceptors (Lipinski definition) is 7. The van der Waals surface area contributed by atoms with E-state index < -0.39 is 11.9 Å². The Kier molecular flexibility index (Phi) is 5.73. The van der Waals surface area contributed by atoms with Crippen molar-refractivity contribution in [3.05, 3.63) is 100 Å². The summed E-state index contributed by atoms with van der Waals surface area (Å²) in [6.45, 7) is -0.0583. The van der Waals surface area contributed by atoms with Crippen molar-refractivity contribution >= 4 is 10.9 Å². The van der Waals surface area contributed by atoms with E-state index in [2.05, 4.69) is 25.2 Å². The monoisotopic (exact) mass is 479 g/mol. The normalized spacial score (nSPS) is 11.6. The first kappa shape index (κ1) is 22.3. The Hall–Kier alpha value is -4.54. The second-order valence-corrected chi connectivity index (χ2v) is 7.62. The molecule has 5 aromatic rings. The van der Waals surface area contributed by atoms with Crippen LogP contribution in [0.15, 0.2) is 82.1 Å². The highest BCUT2D eigenvalue weighted by Crippen LogP contribution is 2.27. The number of fused-ring (bicyclic) bond motifs is 1. The van der Waals surface area contributed by atoms with Gasteiger partial charge in [0.25, 0.3) is 5.56 Å². The lowest BCUT2D eigenvalue weighted by Crippen LogP contribution is -2.25. The van der Waals surface area contributed by atoms with Gasteiger partial charge in [-0.2, -0.15) is 4.98 Å². The van der Waals surface area contributed by atoms with Crippen LogP contribution in [0.3, 0.4) is 0 Å². The van der Waals surface area contributed by atoms with Gasteiger partial charge in [-0.1, -0.05) is 58.9 Å². The zero-order chi connectivity index (χ0) is 24.4. The number of hydrogen-bond donors (Lipinski definition) is 0. The number of halogens is 3. The van der Waals surface area contributed by atoms with Crippen LogP contribution in [-0.2, 0) is 13.0 Å². The molecule has 0 aliphatic heterocycles. The maximum atomic E-state index is 13.1. The largest absolute Gasteiger partial charge is 0.573 e. The Bertz CT molecular complexity index is 1530. The van der Waals surface area contributed by atoms with E-state index in [1.807, 2.05) is 30.3 Å². The molecule has 11 heteroatoms. The molecule has 0 aliphatic rings. The number of rotatable bonds is 6. The Morgan fingerprint density at radius 1 is 0.943 bits per heavy atom. The van der Waals surface area contributed by atoms with Gasteiger partial charge in [-0.25, -0.2) is 4.68 Å². The fourth-order valence-electron chi connectivity index (χ4n) is 3.54. The fraction of sp³-hybridized carbons (Fsp3) is 0.125. The number of ether oxygens (including phenoxy) is 1. The van der Waals surface area contributed by atoms with Crippen LogP contribution in [-0.4, -0.2) is 31.5 Å². The summed E-state index contributed by atoms with van der Waals surface area (Å²) in [5.41, 5.74) is 2.20. The molecular formula is C24H16F3N5O3. The van der Waals surface area contributed by atoms with Crippen molar-refractivity contribution in [3.8, 4) is 16.9 Å². The average molecular weight is 479 g/mol. The first-order valence-electron chi connectivity index (χ1n) is 10.4. The zero-order valence-corrected chi connectivity index (χ0v) is 17.9. The SMILES string of the molecule is O=c1c2cc(-c3ccc(OC(F)(F)F)cc3)ccc2nnn1Cc1nc(Cc2ccccc2)no1. The molecule has 0 amide bonds. The van der Waals surface area contributed by atoms with Crippen LogP contribution in [0.4, 0.5) is 13.2 Å². The van der Waals surface area contributed by atoms with Crippen LogP contribution < -0.4 is 10.3 Å². The third-order valence-electron chi connectivity index (χ3n) is 5.14. The van der Waals surface area contributed by atoms with Crippen LogP contribution >= 0.6 is 0 Å². The molecule has 5 rings (SSSR count). The molecule has 3 aromatic carbocycles. The minimum Gasteiger partial charge on any atom is -0.406 e. The molecule has 2 aromatic heterocycles. The Balaban J connectivity index is 1.38. The highest BCUT2D eigenvalue weighted by atomic mass is 19.4. The number of alkyl halides is 3. The second-order valence-electron chi connectivity index (χ2n) is 7.62. The lowest BCUT2D eigenvalue weighted by Gasteiger charge is -2.09. The third-order valence-corrected chi connectivity index (χ3v) is 5.14. The summed E-state index contributed by atoms with van der Waals surface area (Å²) in [6.07, 6.45) is -4.28. The minimum absolute atomic E-state index is 0.0583. The Morgan fingerprint density at radius 2 is 1.69 bits per heavy atom. The maximum Gasteiger partial charge on any atom is 0.573 e. The van der Waals surface area contributed by atoms with E-state index in [0.29, 0.717) is 28.9 Å². The van der Waals surface area contributed by atoms with E-state index >= 15 is 0 Å². The maximum absolute atomic E-state index is 13.1. The van der Waals surface area contributed by atoms with Crippen molar-refractivity contribution in [2.75, 3.05) is 0 Å². The summed E-state index contributed by atoms with van der Waals surface area (Å²) in [5, 5.41) is 12.3. The van der Waals surface area contributed by atoms with E-state index in [-0.39, 0.29) is 23.6 Å². The van der Waals surface area contributed by atoms with Crippen molar-refractivity contribution in [3.63, 3.8) is 0 Å². The van der Waals surface area contributed by atoms with Crippen LogP contribution in [0.5, 0.6) is 5.75 Å². The van der Waals surface area contributed by atoms with E-state index in [0.717, 1.165) is 10.2 Å². The van der Waals surface area contributed by atoms with Crippen molar-refractivity contribution < 1.29 is 22.4 Å². The van der Waals surface area contributed by atoms with Crippen molar-refractivity contribution in [1.82, 2.24) is 25.1 Å². The van der Waals surface area contributed by atoms with Gasteiger partial charge in [0.1, 0.15) is 17.8 Å². The molecule has 0 bridgehead atoms. The molecule has 0 radical (unpaired) electrons. The summed E-state index contributed by atoms with van der Waals surface area (Å²) in [7, 11) is 0. The molecule has 35 heavy (non-hydrogen) atoms. The van der Waals surface area contributed by atoms with Gasteiger partial charge in [0.2, 0.25) is 5.89 Å². The van der Waals surface area contributed by atoms with Gasteiger partial charge in [-0.3, -0.25) is 4.79 Å². The fourth-order valence-corrected chi connectivity index (χ4v) is 3.54. The molecule has 0 saturated carbocycles. The molecule has 0 spiro atoms. The van der Waals surface area contributed by atoms with E-state index in [4.69, 9.17) is 4.52 Å². The Labute approximate surface area is 195 Å². The van der Waals surface area contributed by atoms with Gasteiger partial charge in [0.15, 0.2) is 5.82 Å². The highest BCUT2D eigenvalue weighted by molar-refractivity contribution is 5.83. The van der Waals surface area contributed by atoms with E-state index in [9.17, 15) is 18.0 Å². The Morgan fingerprint density at radius 3 is 2.43 bits per heavy atom. The minimum atomic E-state index is -4.77. The molecule has 0 atom stereocenters. The van der Waals surface area contributed by atoms with E-state index in [1.54, 1.807) is 18.2 Å². The molecule has 0 saturated heterocycles. The summed E-state index contributed by atoms with van der Waals surface area (Å²) < 4.78 is 47.5. The van der Waals surface area contributed by atoms with Gasteiger partial charge >= 0.3 is 6.36 Å². The molecule has 2 heterocycles. The van der Waals surface area contributed by atoms with Crippen LogP contribution in [0.2, 0.25) is 0 Å². The van der Waals surface area contributed by atoms with Crippen LogP contribution in [0, 0.1) is 0 Å². The molecule has 0 fully saturated rings. The summed E-state index contributed by atoms with van der Waals surface area (Å²) in [5.74, 6) is 0.359. The van der Waals surface area contributed by atoms with Gasteiger partial charge < -0.3 is 9.26 Å². The predicted molar refractivity (Wildman–Crippen MR) is 119 cm³/mol. The van der Waals surface area contributed by atoms with Gasteiger partial charge in [0.05, 0.1) is 5.39 Å². The topological polar surface area (TPSA) is 95.9 Å². The molecule has 0 aliphatic carbocycles. The quantitative estimate of drug-likeness (QED) is 0.357. The molecule has 0 unspecified atom stereocenters. The van der Waals surface area contributed by atoms with Gasteiger partial charge in [-0.05, 0) is 41.0 Å². The third kappa shape index (κ3) is 5.18. The molecule has 8 nitrogen and oxygen atoms in total. The number of nitrogens with zero attached hydrogens (tertiary/aromatic N) is 5. The molecule has 176 valence electrons. The first-order valence-corrected chi connectivity index (χ1v) is 10.4. The first-order chi connectivity index (χ1) is 16.8. The average Bonchev–Trinajstić information content (AvgIpc) is 3.27. The molecule has 0 N–H and O–H groups in total. The second kappa shape index (κ2) is 9.01. The van der Waals surface area contributed by atoms with Gasteiger partial charge in [0, 0.05) is 6.42 Å². The van der Waals surface area contributed by atoms with Gasteiger partial charge in [-0.15, -0.1) is 18.3 Å². The number of aromatic nitrogens is 5. The lowest BCUT2D eigenvalue weighted by atomic mass is 10.0. The van der Waals surface area contributed by atoms with Crippen molar-refractivity contribution in [2.45, 2.75) is 19.3 Å². The van der Waals surface area contributed by atoms with Crippen LogP contribution in [0.25, 0.3) is 22.0 Å². The molecular weight excluding hydrogens is 463 g/mol. The van der Waals surface area contributed by atoms with E-state index in [1.165, 1.54) is 24.3 Å². The highest BCUT2D eigenvalue weighted by Gasteiger charge is 2.31. The standard InChI is InChI=1S/C24H16F3N5O3/c25-24(26,27)34-18-9-6-16(7-10-18)17-8-11-20-19(13-17)23(33)32(31-29-20)14-22-28-21(30-35-22)12-15-4-2-1-3-5-15/h1-11,13H,12,14H2. The van der Waals surface area contributed by atoms with Crippen LogP contribution in [0.1, 0.15) is 17.3 Å². The smallest absolute Gasteiger partial charge is 0.406 e. The zero-order valence-electron chi connectivity index (χ0n) is 17.9. The summed E-state index contributed by atoms with van der Waals surface area (Å²) in [4.78, 5) is 17.4. The number of benzene rings is 3. The summed E-state index contributed by atoms with van der Waals surface area (Å²) in [6, 6.07) is 19.9. The predicted octanol–water partition coefficient (Wildman–Crippen LogP) is 4.38. The van der Waals surface area contributed by atoms with Crippen molar-refractivity contribution in [1.29, 1.82) is 0 Å². The summed E-state index contributed by atoms with van der Waals surface area (Å²) >= 11 is 0. The lowest BCUT2D eigenvalue weighted by molar-refractivity contribution is -0.274. The van der Waals surface area contributed by atoms with Crippen molar-refractivity contribution in [2.24, 2.45) is 0 Å².